The summed E-state index contributed by atoms with van der Waals surface area (Å²) in [4.78, 5) is 0. The van der Waals surface area contributed by atoms with Crippen molar-refractivity contribution in [2.24, 2.45) is 0 Å². The van der Waals surface area contributed by atoms with Crippen molar-refractivity contribution in [3.63, 3.8) is 0 Å². The molecule has 0 aliphatic carbocycles. The van der Waals surface area contributed by atoms with E-state index in [0.29, 0.717) is 17.1 Å². The Bertz CT molecular complexity index is 620. The molecule has 2 aromatic carbocycles. The van der Waals surface area contributed by atoms with E-state index < -0.39 is 0 Å². The highest BCUT2D eigenvalue weighted by Gasteiger charge is 2.06. The van der Waals surface area contributed by atoms with Crippen molar-refractivity contribution in [2.45, 2.75) is 6.92 Å². The van der Waals surface area contributed by atoms with Crippen LogP contribution in [0.1, 0.15) is 18.1 Å². The van der Waals surface area contributed by atoms with Gasteiger partial charge in [0.05, 0.1) is 12.7 Å². The van der Waals surface area contributed by atoms with Crippen LogP contribution >= 0.6 is 0 Å². The minimum atomic E-state index is 0.00921. The maximum atomic E-state index is 9.44. The molecule has 3 N–H and O–H groups in total. The summed E-state index contributed by atoms with van der Waals surface area (Å²) in [7, 11) is 1.48. The first-order chi connectivity index (χ1) is 10.5. The van der Waals surface area contributed by atoms with Gasteiger partial charge in [-0.15, -0.1) is 0 Å². The first-order valence-corrected chi connectivity index (χ1v) is 6.66. The molecule has 0 saturated carbocycles. The first kappa shape index (κ1) is 17.2. The molecule has 0 aromatic heterocycles. The van der Waals surface area contributed by atoms with Gasteiger partial charge in [0, 0.05) is 12.1 Å². The van der Waals surface area contributed by atoms with E-state index in [1.165, 1.54) is 19.2 Å². The summed E-state index contributed by atoms with van der Waals surface area (Å²) in [6, 6.07) is 9.79. The topological polar surface area (TPSA) is 69.9 Å². The normalized spacial score (nSPS) is 9.91. The molecule has 0 spiro atoms. The Hall–Kier alpha value is -2.88. The van der Waals surface area contributed by atoms with Crippen LogP contribution in [0.2, 0.25) is 0 Å². The van der Waals surface area contributed by atoms with E-state index in [0.717, 1.165) is 5.56 Å². The fourth-order valence-electron chi connectivity index (χ4n) is 1.66. The number of benzene rings is 2. The van der Waals surface area contributed by atoms with Crippen LogP contribution in [0, 0.1) is 0 Å². The average Bonchev–Trinajstić information content (AvgIpc) is 2.52. The minimum Gasteiger partial charge on any atom is -0.508 e. The lowest BCUT2D eigenvalue weighted by atomic mass is 10.1. The zero-order valence-electron chi connectivity index (χ0n) is 12.7. The van der Waals surface area contributed by atoms with Crippen molar-refractivity contribution in [3.8, 4) is 23.0 Å². The van der Waals surface area contributed by atoms with Crippen molar-refractivity contribution >= 4 is 12.2 Å². The Morgan fingerprint density at radius 2 is 1.55 bits per heavy atom. The molecule has 0 aliphatic rings. The number of aromatic hydroxyl groups is 3. The molecule has 0 heterocycles. The maximum absolute atomic E-state index is 9.44. The lowest BCUT2D eigenvalue weighted by Crippen LogP contribution is -1.84. The van der Waals surface area contributed by atoms with E-state index in [1.54, 1.807) is 30.4 Å². The van der Waals surface area contributed by atoms with Crippen LogP contribution in [0.25, 0.3) is 12.2 Å². The molecular formula is C18H20O4. The molecule has 4 nitrogen and oxygen atoms in total. The number of allylic oxidation sites excluding steroid dienone is 1. The number of hydrogen-bond donors (Lipinski definition) is 3. The average molecular weight is 300 g/mol. The van der Waals surface area contributed by atoms with Crippen LogP contribution in [0.5, 0.6) is 23.0 Å². The predicted molar refractivity (Wildman–Crippen MR) is 89.2 cm³/mol. The van der Waals surface area contributed by atoms with Crippen LogP contribution in [0.4, 0.5) is 0 Å². The smallest absolute Gasteiger partial charge is 0.130 e. The summed E-state index contributed by atoms with van der Waals surface area (Å²) in [6.07, 6.45) is 5.10. The maximum Gasteiger partial charge on any atom is 0.130 e. The molecule has 0 bridgehead atoms. The molecule has 0 atom stereocenters. The first-order valence-electron chi connectivity index (χ1n) is 6.66. The van der Waals surface area contributed by atoms with E-state index in [9.17, 15) is 10.2 Å². The second kappa shape index (κ2) is 8.42. The molecule has 0 unspecified atom stereocenters. The molecule has 0 saturated heterocycles. The van der Waals surface area contributed by atoms with Crippen molar-refractivity contribution in [1.29, 1.82) is 0 Å². The molecule has 116 valence electrons. The Morgan fingerprint density at radius 1 is 1.00 bits per heavy atom. The molecule has 0 amide bonds. The summed E-state index contributed by atoms with van der Waals surface area (Å²) >= 11 is 0. The number of hydrogen-bond acceptors (Lipinski definition) is 4. The fourth-order valence-corrected chi connectivity index (χ4v) is 1.66. The van der Waals surface area contributed by atoms with Crippen molar-refractivity contribution in [2.75, 3.05) is 7.11 Å². The number of ether oxygens (including phenoxy) is 1. The van der Waals surface area contributed by atoms with Gasteiger partial charge >= 0.3 is 0 Å². The van der Waals surface area contributed by atoms with Crippen LogP contribution in [0.15, 0.2) is 49.1 Å². The molecular weight excluding hydrogens is 280 g/mol. The Balaban J connectivity index is 0.000000235. The van der Waals surface area contributed by atoms with Crippen molar-refractivity contribution < 1.29 is 20.1 Å². The summed E-state index contributed by atoms with van der Waals surface area (Å²) < 4.78 is 4.86. The summed E-state index contributed by atoms with van der Waals surface area (Å²) in [5, 5.41) is 27.7. The number of rotatable bonds is 3. The Morgan fingerprint density at radius 3 is 1.95 bits per heavy atom. The third-order valence-electron chi connectivity index (χ3n) is 2.81. The van der Waals surface area contributed by atoms with Gasteiger partial charge in [-0.2, -0.15) is 0 Å². The van der Waals surface area contributed by atoms with Crippen LogP contribution in [-0.4, -0.2) is 22.4 Å². The van der Waals surface area contributed by atoms with Gasteiger partial charge in [0.2, 0.25) is 0 Å². The van der Waals surface area contributed by atoms with Gasteiger partial charge in [0.15, 0.2) is 0 Å². The van der Waals surface area contributed by atoms with E-state index >= 15 is 0 Å². The number of phenols is 3. The van der Waals surface area contributed by atoms with Crippen molar-refractivity contribution in [1.82, 2.24) is 0 Å². The highest BCUT2D eigenvalue weighted by Crippen LogP contribution is 2.33. The van der Waals surface area contributed by atoms with Gasteiger partial charge in [0.25, 0.3) is 0 Å². The van der Waals surface area contributed by atoms with Gasteiger partial charge < -0.3 is 20.1 Å². The van der Waals surface area contributed by atoms with Gasteiger partial charge in [-0.25, -0.2) is 0 Å². The Kier molecular flexibility index (Phi) is 6.57. The summed E-state index contributed by atoms with van der Waals surface area (Å²) in [5.74, 6) is 0.744. The largest absolute Gasteiger partial charge is 0.508 e. The molecule has 4 heteroatoms. The molecule has 0 radical (unpaired) electrons. The SMILES string of the molecule is C=Cc1ccc(O)cc1.CC=Cc1c(O)cc(OC)cc1O. The highest BCUT2D eigenvalue weighted by molar-refractivity contribution is 5.65. The van der Waals surface area contributed by atoms with Gasteiger partial charge in [-0.3, -0.25) is 0 Å². The van der Waals surface area contributed by atoms with E-state index in [4.69, 9.17) is 9.84 Å². The molecule has 0 aliphatic heterocycles. The lowest BCUT2D eigenvalue weighted by molar-refractivity contribution is 0.397. The van der Waals surface area contributed by atoms with Crippen LogP contribution in [-0.2, 0) is 0 Å². The molecule has 2 rings (SSSR count). The van der Waals surface area contributed by atoms with Crippen molar-refractivity contribution in [3.05, 3.63) is 60.2 Å². The zero-order valence-corrected chi connectivity index (χ0v) is 12.7. The fraction of sp³-hybridized carbons (Fsp3) is 0.111. The van der Waals surface area contributed by atoms with E-state index in [1.807, 2.05) is 19.1 Å². The second-order valence-electron chi connectivity index (χ2n) is 4.37. The van der Waals surface area contributed by atoms with Gasteiger partial charge in [0.1, 0.15) is 23.0 Å². The van der Waals surface area contributed by atoms with Gasteiger partial charge in [-0.1, -0.05) is 36.9 Å². The molecule has 2 aromatic rings. The minimum absolute atomic E-state index is 0.00921. The Labute approximate surface area is 130 Å². The van der Waals surface area contributed by atoms with Gasteiger partial charge in [-0.05, 0) is 24.6 Å². The van der Waals surface area contributed by atoms with Crippen LogP contribution in [0.3, 0.4) is 0 Å². The standard InChI is InChI=1S/C10H12O3.C8H8O/c1-3-4-8-9(11)5-7(13-2)6-10(8)12;1-2-7-3-5-8(9)6-4-7/h3-6,11-12H,1-2H3;2-6,9H,1H2. The highest BCUT2D eigenvalue weighted by atomic mass is 16.5. The zero-order chi connectivity index (χ0) is 16.5. The third kappa shape index (κ3) is 4.90. The van der Waals surface area contributed by atoms with Crippen LogP contribution < -0.4 is 4.74 Å². The molecule has 0 fully saturated rings. The van der Waals surface area contributed by atoms with E-state index in [-0.39, 0.29) is 11.5 Å². The quantitative estimate of drug-likeness (QED) is 0.795. The summed E-state index contributed by atoms with van der Waals surface area (Å²) in [5.41, 5.74) is 1.43. The lowest BCUT2D eigenvalue weighted by Gasteiger charge is -2.05. The number of phenolic OH excluding ortho intramolecular Hbond substituents is 3. The predicted octanol–water partition coefficient (Wildman–Crippen LogP) is 4.17. The monoisotopic (exact) mass is 300 g/mol. The molecule has 22 heavy (non-hydrogen) atoms. The number of methoxy groups -OCH3 is 1. The third-order valence-corrected chi connectivity index (χ3v) is 2.81. The second-order valence-corrected chi connectivity index (χ2v) is 4.37. The van der Waals surface area contributed by atoms with E-state index in [2.05, 4.69) is 6.58 Å². The summed E-state index contributed by atoms with van der Waals surface area (Å²) in [6.45, 7) is 5.39.